The molecule has 0 aromatic heterocycles. The Bertz CT molecular complexity index is 272. The third-order valence-electron chi connectivity index (χ3n) is 3.23. The van der Waals surface area contributed by atoms with Crippen molar-refractivity contribution in [3.63, 3.8) is 0 Å². The van der Waals surface area contributed by atoms with E-state index in [1.807, 2.05) is 0 Å². The molecule has 1 N–H and O–H groups in total. The summed E-state index contributed by atoms with van der Waals surface area (Å²) in [6, 6.07) is 0. The van der Waals surface area contributed by atoms with Crippen LogP contribution < -0.4 is 5.32 Å². The summed E-state index contributed by atoms with van der Waals surface area (Å²) in [5.74, 6) is 0.409. The average Bonchev–Trinajstić information content (AvgIpc) is 2.74. The van der Waals surface area contributed by atoms with Crippen LogP contribution in [-0.4, -0.2) is 19.2 Å². The number of aldehydes is 1. The minimum Gasteiger partial charge on any atom is -0.359 e. The summed E-state index contributed by atoms with van der Waals surface area (Å²) in [7, 11) is 1.62. The third-order valence-corrected chi connectivity index (χ3v) is 3.23. The Balaban J connectivity index is 2.23. The van der Waals surface area contributed by atoms with Crippen molar-refractivity contribution >= 4 is 12.2 Å². The Kier molecular flexibility index (Phi) is 1.94. The zero-order chi connectivity index (χ0) is 9.42. The van der Waals surface area contributed by atoms with Crippen LogP contribution in [0.4, 0.5) is 0 Å². The number of amides is 1. The second kappa shape index (κ2) is 2.98. The second-order valence-corrected chi connectivity index (χ2v) is 3.80. The number of hydrogen-bond acceptors (Lipinski definition) is 2. The highest BCUT2D eigenvalue weighted by atomic mass is 16.2. The summed E-state index contributed by atoms with van der Waals surface area (Å²) in [5.41, 5.74) is 0. The molecule has 0 aromatic carbocycles. The van der Waals surface area contributed by atoms with E-state index in [1.165, 1.54) is 0 Å². The maximum Gasteiger partial charge on any atom is 0.224 e. The molecular weight excluding hydrogens is 166 g/mol. The van der Waals surface area contributed by atoms with Crippen LogP contribution in [0.5, 0.6) is 0 Å². The fourth-order valence-electron chi connectivity index (χ4n) is 2.58. The summed E-state index contributed by atoms with van der Waals surface area (Å²) in [6.45, 7) is 0. The first-order valence-corrected chi connectivity index (χ1v) is 4.63. The van der Waals surface area contributed by atoms with Crippen molar-refractivity contribution in [3.8, 4) is 0 Å². The quantitative estimate of drug-likeness (QED) is 0.491. The van der Waals surface area contributed by atoms with E-state index in [2.05, 4.69) is 17.5 Å². The molecule has 4 unspecified atom stereocenters. The molecule has 0 spiro atoms. The number of nitrogens with one attached hydrogen (secondary N) is 1. The molecule has 3 heteroatoms. The van der Waals surface area contributed by atoms with Gasteiger partial charge in [0, 0.05) is 13.0 Å². The van der Waals surface area contributed by atoms with Crippen LogP contribution in [0.25, 0.3) is 0 Å². The van der Waals surface area contributed by atoms with Crippen molar-refractivity contribution in [1.82, 2.24) is 5.32 Å². The van der Waals surface area contributed by atoms with Crippen molar-refractivity contribution in [2.24, 2.45) is 23.7 Å². The number of allylic oxidation sites excluding steroid dienone is 2. The Morgan fingerprint density at radius 3 is 2.77 bits per heavy atom. The first-order chi connectivity index (χ1) is 6.27. The van der Waals surface area contributed by atoms with Crippen LogP contribution in [0, 0.1) is 23.7 Å². The Morgan fingerprint density at radius 1 is 1.46 bits per heavy atom. The molecule has 0 radical (unpaired) electrons. The largest absolute Gasteiger partial charge is 0.359 e. The highest BCUT2D eigenvalue weighted by molar-refractivity contribution is 5.83. The lowest BCUT2D eigenvalue weighted by molar-refractivity contribution is -0.129. The summed E-state index contributed by atoms with van der Waals surface area (Å²) in [6.07, 6.45) is 6.06. The van der Waals surface area contributed by atoms with Gasteiger partial charge in [0.1, 0.15) is 6.29 Å². The van der Waals surface area contributed by atoms with Gasteiger partial charge in [-0.1, -0.05) is 12.2 Å². The molecule has 0 aromatic rings. The predicted octanol–water partition coefficient (Wildman–Crippen LogP) is 0.370. The molecular formula is C10H13NO2. The van der Waals surface area contributed by atoms with Crippen molar-refractivity contribution in [1.29, 1.82) is 0 Å². The van der Waals surface area contributed by atoms with Crippen LogP contribution >= 0.6 is 0 Å². The topological polar surface area (TPSA) is 46.2 Å². The molecule has 1 fully saturated rings. The van der Waals surface area contributed by atoms with Gasteiger partial charge in [-0.2, -0.15) is 0 Å². The molecule has 2 aliphatic rings. The smallest absolute Gasteiger partial charge is 0.224 e. The zero-order valence-corrected chi connectivity index (χ0v) is 7.57. The van der Waals surface area contributed by atoms with E-state index in [0.29, 0.717) is 11.8 Å². The molecule has 0 heterocycles. The Labute approximate surface area is 77.2 Å². The zero-order valence-electron chi connectivity index (χ0n) is 7.57. The van der Waals surface area contributed by atoms with Gasteiger partial charge in [-0.3, -0.25) is 4.79 Å². The molecule has 4 atom stereocenters. The molecule has 2 aliphatic carbocycles. The van der Waals surface area contributed by atoms with E-state index in [-0.39, 0.29) is 17.7 Å². The van der Waals surface area contributed by atoms with E-state index in [1.54, 1.807) is 7.05 Å². The lowest BCUT2D eigenvalue weighted by atomic mass is 9.83. The van der Waals surface area contributed by atoms with Gasteiger partial charge in [0.05, 0.1) is 5.92 Å². The van der Waals surface area contributed by atoms with E-state index >= 15 is 0 Å². The van der Waals surface area contributed by atoms with Gasteiger partial charge in [-0.15, -0.1) is 0 Å². The van der Waals surface area contributed by atoms with E-state index in [0.717, 1.165) is 12.7 Å². The first-order valence-electron chi connectivity index (χ1n) is 4.63. The molecule has 2 rings (SSSR count). The van der Waals surface area contributed by atoms with Crippen LogP contribution in [-0.2, 0) is 9.59 Å². The van der Waals surface area contributed by atoms with E-state index < -0.39 is 0 Å². The fraction of sp³-hybridized carbons (Fsp3) is 0.600. The van der Waals surface area contributed by atoms with Crippen LogP contribution in [0.1, 0.15) is 6.42 Å². The maximum atomic E-state index is 11.5. The van der Waals surface area contributed by atoms with E-state index in [4.69, 9.17) is 0 Å². The highest BCUT2D eigenvalue weighted by Crippen LogP contribution is 2.46. The maximum absolute atomic E-state index is 11.5. The highest BCUT2D eigenvalue weighted by Gasteiger charge is 2.47. The number of carbonyl (C=O) groups excluding carboxylic acids is 2. The summed E-state index contributed by atoms with van der Waals surface area (Å²) < 4.78 is 0. The molecule has 70 valence electrons. The molecule has 0 aliphatic heterocycles. The van der Waals surface area contributed by atoms with Gasteiger partial charge in [0.15, 0.2) is 0 Å². The predicted molar refractivity (Wildman–Crippen MR) is 47.8 cm³/mol. The molecule has 1 amide bonds. The fourth-order valence-corrected chi connectivity index (χ4v) is 2.58. The van der Waals surface area contributed by atoms with Gasteiger partial charge in [-0.05, 0) is 18.3 Å². The first kappa shape index (κ1) is 8.48. The summed E-state index contributed by atoms with van der Waals surface area (Å²) in [4.78, 5) is 22.3. The van der Waals surface area contributed by atoms with Crippen LogP contribution in [0.3, 0.4) is 0 Å². The number of carbonyl (C=O) groups is 2. The van der Waals surface area contributed by atoms with Gasteiger partial charge >= 0.3 is 0 Å². The van der Waals surface area contributed by atoms with Crippen LogP contribution in [0.15, 0.2) is 12.2 Å². The standard InChI is InChI=1S/C10H13NO2/c1-11-10(13)9-7-3-2-6(4-7)8(9)5-12/h2-3,5-9H,4H2,1H3,(H,11,13). The van der Waals surface area contributed by atoms with E-state index in [9.17, 15) is 9.59 Å². The van der Waals surface area contributed by atoms with Gasteiger partial charge < -0.3 is 10.1 Å². The average molecular weight is 179 g/mol. The number of hydrogen-bond donors (Lipinski definition) is 1. The number of fused-ring (bicyclic) bond motifs is 2. The minimum atomic E-state index is -0.113. The van der Waals surface area contributed by atoms with Gasteiger partial charge in [0.25, 0.3) is 0 Å². The van der Waals surface area contributed by atoms with Gasteiger partial charge in [-0.25, -0.2) is 0 Å². The summed E-state index contributed by atoms with van der Waals surface area (Å²) in [5, 5.41) is 2.62. The molecule has 3 nitrogen and oxygen atoms in total. The van der Waals surface area contributed by atoms with Crippen molar-refractivity contribution < 1.29 is 9.59 Å². The SMILES string of the molecule is CNC(=O)C1C2C=CC(C2)C1C=O. The third kappa shape index (κ3) is 1.10. The minimum absolute atomic E-state index is 0.00829. The molecule has 2 bridgehead atoms. The normalized spacial score (nSPS) is 40.7. The number of rotatable bonds is 2. The molecule has 13 heavy (non-hydrogen) atoms. The van der Waals surface area contributed by atoms with Gasteiger partial charge in [0.2, 0.25) is 5.91 Å². The monoisotopic (exact) mass is 179 g/mol. The summed E-state index contributed by atoms with van der Waals surface area (Å²) >= 11 is 0. The van der Waals surface area contributed by atoms with Crippen LogP contribution in [0.2, 0.25) is 0 Å². The van der Waals surface area contributed by atoms with Crippen molar-refractivity contribution in [2.45, 2.75) is 6.42 Å². The molecule has 1 saturated carbocycles. The Hall–Kier alpha value is -1.12. The van der Waals surface area contributed by atoms with Crippen molar-refractivity contribution in [2.75, 3.05) is 7.05 Å². The Morgan fingerprint density at radius 2 is 2.15 bits per heavy atom. The second-order valence-electron chi connectivity index (χ2n) is 3.80. The molecule has 0 saturated heterocycles. The lowest BCUT2D eigenvalue weighted by Crippen LogP contribution is -2.35. The van der Waals surface area contributed by atoms with Crippen molar-refractivity contribution in [3.05, 3.63) is 12.2 Å². The lowest BCUT2D eigenvalue weighted by Gasteiger charge is -2.21.